The second-order valence-corrected chi connectivity index (χ2v) is 6.07. The van der Waals surface area contributed by atoms with Crippen molar-refractivity contribution in [2.45, 2.75) is 11.8 Å². The summed E-state index contributed by atoms with van der Waals surface area (Å²) in [4.78, 5) is 25.3. The van der Waals surface area contributed by atoms with Crippen LogP contribution in [0.1, 0.15) is 27.0 Å². The highest BCUT2D eigenvalue weighted by atomic mass is 32.2. The standard InChI is InChI=1S/C14H14N2O2S2/c1-2-19-11-7-4-3-6-10(11)13(17)15-16-14(18)12-8-5-9-20-12/h3-9H,2H2,1H3,(H,15,17)(H,16,18). The van der Waals surface area contributed by atoms with Crippen LogP contribution in [0.4, 0.5) is 0 Å². The Balaban J connectivity index is 2.00. The first kappa shape index (κ1) is 14.6. The highest BCUT2D eigenvalue weighted by Crippen LogP contribution is 2.21. The third-order valence-corrected chi connectivity index (χ3v) is 4.29. The van der Waals surface area contributed by atoms with Gasteiger partial charge >= 0.3 is 0 Å². The van der Waals surface area contributed by atoms with Gasteiger partial charge in [0, 0.05) is 4.90 Å². The van der Waals surface area contributed by atoms with E-state index >= 15 is 0 Å². The molecule has 0 aliphatic carbocycles. The van der Waals surface area contributed by atoms with Crippen molar-refractivity contribution in [1.82, 2.24) is 10.9 Å². The van der Waals surface area contributed by atoms with Gasteiger partial charge < -0.3 is 0 Å². The number of carbonyl (C=O) groups excluding carboxylic acids is 2. The Kier molecular flexibility index (Phi) is 5.20. The Hall–Kier alpha value is -1.79. The van der Waals surface area contributed by atoms with Crippen molar-refractivity contribution < 1.29 is 9.59 Å². The fourth-order valence-electron chi connectivity index (χ4n) is 1.59. The van der Waals surface area contributed by atoms with Gasteiger partial charge in [0.25, 0.3) is 11.8 Å². The summed E-state index contributed by atoms with van der Waals surface area (Å²) < 4.78 is 0. The summed E-state index contributed by atoms with van der Waals surface area (Å²) in [5.41, 5.74) is 5.42. The minimum Gasteiger partial charge on any atom is -0.267 e. The highest BCUT2D eigenvalue weighted by molar-refractivity contribution is 7.99. The maximum atomic E-state index is 12.1. The molecule has 0 radical (unpaired) electrons. The zero-order valence-electron chi connectivity index (χ0n) is 10.9. The molecule has 6 heteroatoms. The molecule has 0 unspecified atom stereocenters. The van der Waals surface area contributed by atoms with E-state index in [2.05, 4.69) is 10.9 Å². The van der Waals surface area contributed by atoms with Crippen molar-refractivity contribution in [3.05, 3.63) is 52.2 Å². The second-order valence-electron chi connectivity index (χ2n) is 3.81. The van der Waals surface area contributed by atoms with Crippen LogP contribution in [0.3, 0.4) is 0 Å². The Bertz CT molecular complexity index is 597. The number of thioether (sulfide) groups is 1. The molecule has 1 aromatic carbocycles. The molecule has 0 bridgehead atoms. The van der Waals surface area contributed by atoms with E-state index in [-0.39, 0.29) is 11.8 Å². The van der Waals surface area contributed by atoms with Crippen LogP contribution >= 0.6 is 23.1 Å². The third kappa shape index (κ3) is 3.61. The topological polar surface area (TPSA) is 58.2 Å². The van der Waals surface area contributed by atoms with Crippen molar-refractivity contribution in [3.63, 3.8) is 0 Å². The van der Waals surface area contributed by atoms with Crippen molar-refractivity contribution in [2.75, 3.05) is 5.75 Å². The van der Waals surface area contributed by atoms with Crippen LogP contribution < -0.4 is 10.9 Å². The van der Waals surface area contributed by atoms with Gasteiger partial charge in [-0.05, 0) is 29.3 Å². The Labute approximate surface area is 125 Å². The van der Waals surface area contributed by atoms with Crippen LogP contribution in [0, 0.1) is 0 Å². The van der Waals surface area contributed by atoms with Crippen LogP contribution in [0.25, 0.3) is 0 Å². The lowest BCUT2D eigenvalue weighted by Gasteiger charge is -2.09. The average Bonchev–Trinajstić information content (AvgIpc) is 2.99. The molecule has 0 spiro atoms. The van der Waals surface area contributed by atoms with Gasteiger partial charge in [0.05, 0.1) is 10.4 Å². The summed E-state index contributed by atoms with van der Waals surface area (Å²) in [5.74, 6) is 0.256. The molecule has 2 aromatic rings. The molecule has 1 heterocycles. The second kappa shape index (κ2) is 7.12. The Morgan fingerprint density at radius 2 is 1.85 bits per heavy atom. The summed E-state index contributed by atoms with van der Waals surface area (Å²) in [7, 11) is 0. The maximum absolute atomic E-state index is 12.1. The number of hydrogen-bond donors (Lipinski definition) is 2. The highest BCUT2D eigenvalue weighted by Gasteiger charge is 2.12. The van der Waals surface area contributed by atoms with E-state index in [1.54, 1.807) is 36.0 Å². The smallest absolute Gasteiger partial charge is 0.267 e. The van der Waals surface area contributed by atoms with Crippen LogP contribution in [-0.2, 0) is 0 Å². The molecule has 2 amide bonds. The average molecular weight is 306 g/mol. The molecule has 0 saturated carbocycles. The predicted octanol–water partition coefficient (Wildman–Crippen LogP) is 2.93. The van der Waals surface area contributed by atoms with E-state index in [4.69, 9.17) is 0 Å². The van der Waals surface area contributed by atoms with Gasteiger partial charge in [0.2, 0.25) is 0 Å². The van der Waals surface area contributed by atoms with Crippen LogP contribution in [0.5, 0.6) is 0 Å². The van der Waals surface area contributed by atoms with Gasteiger partial charge in [-0.3, -0.25) is 20.4 Å². The summed E-state index contributed by atoms with van der Waals surface area (Å²) in [5, 5.41) is 1.81. The first-order valence-corrected chi connectivity index (χ1v) is 7.95. The van der Waals surface area contributed by atoms with Crippen LogP contribution in [0.15, 0.2) is 46.7 Å². The SMILES string of the molecule is CCSc1ccccc1C(=O)NNC(=O)c1cccs1. The molecular formula is C14H14N2O2S2. The molecule has 0 aliphatic heterocycles. The number of thiophene rings is 1. The van der Waals surface area contributed by atoms with Gasteiger partial charge in [-0.2, -0.15) is 0 Å². The zero-order valence-corrected chi connectivity index (χ0v) is 12.5. The first-order chi connectivity index (χ1) is 9.72. The quantitative estimate of drug-likeness (QED) is 0.674. The number of nitrogens with one attached hydrogen (secondary N) is 2. The number of hydrogen-bond acceptors (Lipinski definition) is 4. The molecule has 2 rings (SSSR count). The van der Waals surface area contributed by atoms with Gasteiger partial charge in [-0.1, -0.05) is 25.1 Å². The van der Waals surface area contributed by atoms with Crippen molar-refractivity contribution in [2.24, 2.45) is 0 Å². The molecule has 0 saturated heterocycles. The largest absolute Gasteiger partial charge is 0.279 e. The van der Waals surface area contributed by atoms with Gasteiger partial charge in [0.15, 0.2) is 0 Å². The molecule has 4 nitrogen and oxygen atoms in total. The monoisotopic (exact) mass is 306 g/mol. The molecule has 20 heavy (non-hydrogen) atoms. The van der Waals surface area contributed by atoms with Crippen molar-refractivity contribution in [1.29, 1.82) is 0 Å². The van der Waals surface area contributed by atoms with Gasteiger partial charge in [-0.15, -0.1) is 23.1 Å². The molecule has 0 fully saturated rings. The van der Waals surface area contributed by atoms with E-state index in [0.29, 0.717) is 10.4 Å². The fraction of sp³-hybridized carbons (Fsp3) is 0.143. The van der Waals surface area contributed by atoms with E-state index in [9.17, 15) is 9.59 Å². The molecule has 0 atom stereocenters. The maximum Gasteiger partial charge on any atom is 0.279 e. The Morgan fingerprint density at radius 3 is 2.55 bits per heavy atom. The molecule has 104 valence electrons. The molecule has 1 aromatic heterocycles. The van der Waals surface area contributed by atoms with E-state index < -0.39 is 0 Å². The van der Waals surface area contributed by atoms with Crippen LogP contribution in [0.2, 0.25) is 0 Å². The first-order valence-electron chi connectivity index (χ1n) is 6.08. The lowest BCUT2D eigenvalue weighted by Crippen LogP contribution is -2.41. The van der Waals surface area contributed by atoms with Crippen LogP contribution in [-0.4, -0.2) is 17.6 Å². The normalized spacial score (nSPS) is 10.1. The Morgan fingerprint density at radius 1 is 1.10 bits per heavy atom. The van der Waals surface area contributed by atoms with E-state index in [0.717, 1.165) is 10.6 Å². The summed E-state index contributed by atoms with van der Waals surface area (Å²) >= 11 is 2.91. The number of carbonyl (C=O) groups is 2. The number of rotatable bonds is 4. The third-order valence-electron chi connectivity index (χ3n) is 2.47. The van der Waals surface area contributed by atoms with E-state index in [1.807, 2.05) is 24.4 Å². The molecule has 0 aliphatic rings. The summed E-state index contributed by atoms with van der Waals surface area (Å²) in [6, 6.07) is 10.8. The fourth-order valence-corrected chi connectivity index (χ4v) is 3.01. The lowest BCUT2D eigenvalue weighted by molar-refractivity contribution is 0.0847. The number of amides is 2. The van der Waals surface area contributed by atoms with E-state index in [1.165, 1.54) is 11.3 Å². The predicted molar refractivity (Wildman–Crippen MR) is 82.1 cm³/mol. The van der Waals surface area contributed by atoms with Gasteiger partial charge in [-0.25, -0.2) is 0 Å². The zero-order chi connectivity index (χ0) is 14.4. The number of benzene rings is 1. The lowest BCUT2D eigenvalue weighted by atomic mass is 10.2. The minimum atomic E-state index is -0.313. The number of hydrazine groups is 1. The van der Waals surface area contributed by atoms with Gasteiger partial charge in [0.1, 0.15) is 0 Å². The van der Waals surface area contributed by atoms with Crippen molar-refractivity contribution in [3.8, 4) is 0 Å². The molecular weight excluding hydrogens is 292 g/mol. The minimum absolute atomic E-state index is 0.311. The summed E-state index contributed by atoms with van der Waals surface area (Å²) in [6.07, 6.45) is 0. The van der Waals surface area contributed by atoms with Crippen molar-refractivity contribution >= 4 is 34.9 Å². The summed E-state index contributed by atoms with van der Waals surface area (Å²) in [6.45, 7) is 2.03. The molecule has 2 N–H and O–H groups in total.